The molecule has 2 rings (SSSR count). The third-order valence-electron chi connectivity index (χ3n) is 4.18. The first kappa shape index (κ1) is 17.1. The highest BCUT2D eigenvalue weighted by Crippen LogP contribution is 2.23. The van der Waals surface area contributed by atoms with E-state index in [1.54, 1.807) is 0 Å². The van der Waals surface area contributed by atoms with Crippen molar-refractivity contribution >= 4 is 11.6 Å². The van der Waals surface area contributed by atoms with Crippen LogP contribution >= 0.6 is 0 Å². The number of anilines is 1. The van der Waals surface area contributed by atoms with Crippen molar-refractivity contribution < 1.29 is 9.53 Å². The van der Waals surface area contributed by atoms with Gasteiger partial charge in [0.1, 0.15) is 5.75 Å². The zero-order chi connectivity index (χ0) is 16.8. The van der Waals surface area contributed by atoms with Gasteiger partial charge in [0.05, 0.1) is 0 Å². The molecular weight excluding hydrogens is 286 g/mol. The van der Waals surface area contributed by atoms with Gasteiger partial charge in [0.25, 0.3) is 5.91 Å². The first-order chi connectivity index (χ1) is 11.1. The fraction of sp³-hybridized carbons (Fsp3) is 0.350. The maximum absolute atomic E-state index is 12.3. The summed E-state index contributed by atoms with van der Waals surface area (Å²) < 4.78 is 5.69. The van der Waals surface area contributed by atoms with Gasteiger partial charge >= 0.3 is 0 Å². The van der Waals surface area contributed by atoms with Crippen LogP contribution in [0.4, 0.5) is 5.69 Å². The van der Waals surface area contributed by atoms with Crippen LogP contribution in [0.1, 0.15) is 36.1 Å². The van der Waals surface area contributed by atoms with E-state index in [9.17, 15) is 4.79 Å². The van der Waals surface area contributed by atoms with E-state index in [4.69, 9.17) is 4.74 Å². The molecule has 0 radical (unpaired) electrons. The molecule has 0 spiro atoms. The number of nitrogens with one attached hydrogen (secondary N) is 1. The quantitative estimate of drug-likeness (QED) is 0.856. The van der Waals surface area contributed by atoms with E-state index in [1.165, 1.54) is 0 Å². The molecule has 0 aromatic heterocycles. The number of benzene rings is 2. The minimum Gasteiger partial charge on any atom is -0.483 e. The minimum absolute atomic E-state index is 0.0193. The Morgan fingerprint density at radius 2 is 1.61 bits per heavy atom. The summed E-state index contributed by atoms with van der Waals surface area (Å²) in [6, 6.07) is 12.0. The van der Waals surface area contributed by atoms with Crippen molar-refractivity contribution in [3.8, 4) is 5.75 Å². The third kappa shape index (κ3) is 4.13. The molecule has 0 saturated heterocycles. The van der Waals surface area contributed by atoms with Crippen LogP contribution in [0, 0.1) is 13.8 Å². The smallest absolute Gasteiger partial charge is 0.262 e. The summed E-state index contributed by atoms with van der Waals surface area (Å²) >= 11 is 0. The van der Waals surface area contributed by atoms with Gasteiger partial charge in [-0.05, 0) is 55.0 Å². The average molecular weight is 311 g/mol. The van der Waals surface area contributed by atoms with Crippen LogP contribution in [0.3, 0.4) is 0 Å². The van der Waals surface area contributed by atoms with Crippen molar-refractivity contribution in [2.75, 3.05) is 11.9 Å². The van der Waals surface area contributed by atoms with E-state index in [0.717, 1.165) is 46.5 Å². The summed E-state index contributed by atoms with van der Waals surface area (Å²) in [5, 5.41) is 3.02. The Labute approximate surface area is 138 Å². The maximum Gasteiger partial charge on any atom is 0.262 e. The lowest BCUT2D eigenvalue weighted by atomic mass is 10.0. The molecule has 0 saturated carbocycles. The molecule has 0 atom stereocenters. The minimum atomic E-state index is -0.124. The van der Waals surface area contributed by atoms with Crippen molar-refractivity contribution in [1.29, 1.82) is 0 Å². The first-order valence-electron chi connectivity index (χ1n) is 8.16. The summed E-state index contributed by atoms with van der Waals surface area (Å²) in [5.41, 5.74) is 5.48. The molecule has 0 aliphatic heterocycles. The number of rotatable bonds is 6. The van der Waals surface area contributed by atoms with Crippen LogP contribution in [0.2, 0.25) is 0 Å². The van der Waals surface area contributed by atoms with Crippen LogP contribution in [0.25, 0.3) is 0 Å². The molecule has 0 heterocycles. The Kier molecular flexibility index (Phi) is 5.80. The second kappa shape index (κ2) is 7.82. The molecule has 2 aromatic rings. The second-order valence-electron chi connectivity index (χ2n) is 5.69. The largest absolute Gasteiger partial charge is 0.483 e. The summed E-state index contributed by atoms with van der Waals surface area (Å²) in [4.78, 5) is 12.3. The molecule has 1 amide bonds. The molecule has 0 bridgehead atoms. The summed E-state index contributed by atoms with van der Waals surface area (Å²) in [7, 11) is 0. The van der Waals surface area contributed by atoms with Crippen LogP contribution < -0.4 is 10.1 Å². The van der Waals surface area contributed by atoms with Gasteiger partial charge in [0.2, 0.25) is 0 Å². The number of aryl methyl sites for hydroxylation is 3. The SMILES string of the molecule is CCc1cccc(CC)c1NC(=O)COc1cccc(C)c1C. The van der Waals surface area contributed by atoms with E-state index in [0.29, 0.717) is 0 Å². The van der Waals surface area contributed by atoms with E-state index in [2.05, 4.69) is 31.3 Å². The molecule has 122 valence electrons. The molecule has 23 heavy (non-hydrogen) atoms. The summed E-state index contributed by atoms with van der Waals surface area (Å²) in [5.74, 6) is 0.640. The van der Waals surface area contributed by atoms with Crippen molar-refractivity contribution in [3.05, 3.63) is 58.7 Å². The van der Waals surface area contributed by atoms with Gasteiger partial charge in [-0.3, -0.25) is 4.79 Å². The number of carbonyl (C=O) groups excluding carboxylic acids is 1. The fourth-order valence-corrected chi connectivity index (χ4v) is 2.60. The predicted octanol–water partition coefficient (Wildman–Crippen LogP) is 4.45. The molecular formula is C20H25NO2. The number of ether oxygens (including phenoxy) is 1. The molecule has 0 aliphatic carbocycles. The van der Waals surface area contributed by atoms with E-state index >= 15 is 0 Å². The normalized spacial score (nSPS) is 10.4. The molecule has 0 fully saturated rings. The maximum atomic E-state index is 12.3. The van der Waals surface area contributed by atoms with Gasteiger partial charge < -0.3 is 10.1 Å². The molecule has 3 heteroatoms. The highest BCUT2D eigenvalue weighted by atomic mass is 16.5. The Balaban J connectivity index is 2.07. The molecule has 1 N–H and O–H groups in total. The fourth-order valence-electron chi connectivity index (χ4n) is 2.60. The summed E-state index contributed by atoms with van der Waals surface area (Å²) in [6.45, 7) is 8.25. The van der Waals surface area contributed by atoms with Gasteiger partial charge in [-0.1, -0.05) is 44.2 Å². The lowest BCUT2D eigenvalue weighted by molar-refractivity contribution is -0.118. The molecule has 2 aromatic carbocycles. The van der Waals surface area contributed by atoms with Crippen molar-refractivity contribution in [2.24, 2.45) is 0 Å². The number of para-hydroxylation sites is 1. The van der Waals surface area contributed by atoms with Crippen LogP contribution in [0.15, 0.2) is 36.4 Å². The number of amides is 1. The molecule has 0 aliphatic rings. The monoisotopic (exact) mass is 311 g/mol. The van der Waals surface area contributed by atoms with Crippen molar-refractivity contribution in [2.45, 2.75) is 40.5 Å². The Bertz CT molecular complexity index is 670. The Morgan fingerprint density at radius 1 is 1.00 bits per heavy atom. The number of hydrogen-bond donors (Lipinski definition) is 1. The van der Waals surface area contributed by atoms with E-state index < -0.39 is 0 Å². The second-order valence-corrected chi connectivity index (χ2v) is 5.69. The number of hydrogen-bond acceptors (Lipinski definition) is 2. The van der Waals surface area contributed by atoms with Crippen LogP contribution in [0.5, 0.6) is 5.75 Å². The summed E-state index contributed by atoms with van der Waals surface area (Å²) in [6.07, 6.45) is 1.78. The van der Waals surface area contributed by atoms with Crippen LogP contribution in [-0.4, -0.2) is 12.5 Å². The zero-order valence-corrected chi connectivity index (χ0v) is 14.4. The third-order valence-corrected chi connectivity index (χ3v) is 4.18. The Morgan fingerprint density at radius 3 is 2.22 bits per heavy atom. The van der Waals surface area contributed by atoms with Crippen molar-refractivity contribution in [3.63, 3.8) is 0 Å². The predicted molar refractivity (Wildman–Crippen MR) is 95.2 cm³/mol. The van der Waals surface area contributed by atoms with E-state index in [-0.39, 0.29) is 12.5 Å². The average Bonchev–Trinajstić information content (AvgIpc) is 2.56. The van der Waals surface area contributed by atoms with Gasteiger partial charge in [-0.2, -0.15) is 0 Å². The lowest BCUT2D eigenvalue weighted by Gasteiger charge is -2.15. The highest BCUT2D eigenvalue weighted by Gasteiger charge is 2.11. The van der Waals surface area contributed by atoms with E-state index in [1.807, 2.05) is 38.1 Å². The topological polar surface area (TPSA) is 38.3 Å². The molecule has 3 nitrogen and oxygen atoms in total. The number of carbonyl (C=O) groups is 1. The van der Waals surface area contributed by atoms with Crippen molar-refractivity contribution in [1.82, 2.24) is 0 Å². The lowest BCUT2D eigenvalue weighted by Crippen LogP contribution is -2.22. The van der Waals surface area contributed by atoms with Crippen LogP contribution in [-0.2, 0) is 17.6 Å². The highest BCUT2D eigenvalue weighted by molar-refractivity contribution is 5.93. The Hall–Kier alpha value is -2.29. The van der Waals surface area contributed by atoms with Gasteiger partial charge in [0.15, 0.2) is 6.61 Å². The van der Waals surface area contributed by atoms with Gasteiger partial charge in [-0.25, -0.2) is 0 Å². The standard InChI is InChI=1S/C20H25NO2/c1-5-16-10-8-11-17(6-2)20(16)21-19(22)13-23-18-12-7-9-14(3)15(18)4/h7-12H,5-6,13H2,1-4H3,(H,21,22). The van der Waals surface area contributed by atoms with Gasteiger partial charge in [-0.15, -0.1) is 0 Å². The van der Waals surface area contributed by atoms with Gasteiger partial charge in [0, 0.05) is 5.69 Å². The first-order valence-corrected chi connectivity index (χ1v) is 8.16. The zero-order valence-electron chi connectivity index (χ0n) is 14.4. The molecule has 0 unspecified atom stereocenters.